The summed E-state index contributed by atoms with van der Waals surface area (Å²) in [5, 5.41) is 2.94. The summed E-state index contributed by atoms with van der Waals surface area (Å²) in [6.45, 7) is 0.742. The Labute approximate surface area is 162 Å². The second kappa shape index (κ2) is 9.02. The molecule has 0 saturated heterocycles. The second-order valence-electron chi connectivity index (χ2n) is 5.61. The first-order chi connectivity index (χ1) is 12.7. The zero-order chi connectivity index (χ0) is 20.0. The van der Waals surface area contributed by atoms with Crippen LogP contribution in [-0.2, 0) is 10.0 Å². The zero-order valence-corrected chi connectivity index (χ0v) is 16.5. The van der Waals surface area contributed by atoms with Crippen molar-refractivity contribution in [2.45, 2.75) is 6.42 Å². The quantitative estimate of drug-likeness (QED) is 0.320. The van der Waals surface area contributed by atoms with E-state index in [2.05, 4.69) is 20.0 Å². The third-order valence-corrected chi connectivity index (χ3v) is 4.64. The van der Waals surface area contributed by atoms with E-state index in [1.54, 1.807) is 0 Å². The number of halogens is 1. The van der Waals surface area contributed by atoms with E-state index in [-0.39, 0.29) is 16.6 Å². The molecule has 0 aliphatic rings. The lowest BCUT2D eigenvalue weighted by Gasteiger charge is -2.12. The van der Waals surface area contributed by atoms with Crippen molar-refractivity contribution in [3.8, 4) is 5.75 Å². The number of aromatic nitrogens is 2. The number of anilines is 2. The lowest BCUT2D eigenvalue weighted by atomic mass is 10.1. The summed E-state index contributed by atoms with van der Waals surface area (Å²) >= 11 is 5.40. The third-order valence-electron chi connectivity index (χ3n) is 3.47. The third kappa shape index (κ3) is 6.08. The fourth-order valence-corrected chi connectivity index (χ4v) is 3.04. The molecule has 146 valence electrons. The van der Waals surface area contributed by atoms with Crippen molar-refractivity contribution in [1.29, 1.82) is 0 Å². The van der Waals surface area contributed by atoms with Crippen molar-refractivity contribution in [2.75, 3.05) is 37.5 Å². The van der Waals surface area contributed by atoms with Crippen LogP contribution in [0.1, 0.15) is 17.5 Å². The van der Waals surface area contributed by atoms with E-state index in [0.717, 1.165) is 6.26 Å². The van der Waals surface area contributed by atoms with Crippen LogP contribution in [0.15, 0.2) is 24.4 Å². The van der Waals surface area contributed by atoms with Crippen LogP contribution in [0.3, 0.4) is 0 Å². The molecule has 0 radical (unpaired) electrons. The van der Waals surface area contributed by atoms with Crippen LogP contribution in [0, 0.1) is 5.82 Å². The van der Waals surface area contributed by atoms with E-state index >= 15 is 0 Å². The Bertz CT molecular complexity index is 938. The van der Waals surface area contributed by atoms with Gasteiger partial charge in [-0.1, -0.05) is 12.2 Å². The number of ether oxygens (including phenoxy) is 1. The smallest absolute Gasteiger partial charge is 0.224 e. The molecule has 0 amide bonds. The molecule has 0 fully saturated rings. The summed E-state index contributed by atoms with van der Waals surface area (Å²) in [4.78, 5) is 8.56. The predicted molar refractivity (Wildman–Crippen MR) is 106 cm³/mol. The minimum Gasteiger partial charge on any atom is -0.496 e. The van der Waals surface area contributed by atoms with Gasteiger partial charge in [-0.15, -0.1) is 0 Å². The molecule has 11 heteroatoms. The van der Waals surface area contributed by atoms with Crippen LogP contribution in [0.25, 0.3) is 0 Å². The molecule has 1 aromatic heterocycles. The molecule has 0 unspecified atom stereocenters. The molecule has 1 heterocycles. The van der Waals surface area contributed by atoms with Gasteiger partial charge in [0, 0.05) is 24.8 Å². The number of hydrogen-bond donors (Lipinski definition) is 3. The Hall–Kier alpha value is -2.37. The van der Waals surface area contributed by atoms with E-state index in [0.29, 0.717) is 36.4 Å². The molecule has 1 aromatic carbocycles. The maximum Gasteiger partial charge on any atom is 0.224 e. The average Bonchev–Trinajstić information content (AvgIpc) is 2.60. The van der Waals surface area contributed by atoms with Crippen LogP contribution in [-0.4, -0.2) is 49.7 Å². The van der Waals surface area contributed by atoms with Gasteiger partial charge in [-0.25, -0.2) is 22.5 Å². The number of benzene rings is 1. The molecular weight excluding hydrogens is 393 g/mol. The number of nitrogens with one attached hydrogen (secondary N) is 2. The molecule has 0 atom stereocenters. The van der Waals surface area contributed by atoms with E-state index in [9.17, 15) is 12.8 Å². The lowest BCUT2D eigenvalue weighted by molar-refractivity contribution is 0.413. The number of nitrogens with two attached hydrogens (primary N) is 1. The number of nitrogens with zero attached hydrogens (tertiary/aromatic N) is 2. The fraction of sp³-hybridized carbons (Fsp3) is 0.312. The number of thiocarbonyl (C=S) groups is 1. The molecule has 0 bridgehead atoms. The number of sulfonamides is 1. The van der Waals surface area contributed by atoms with Crippen molar-refractivity contribution < 1.29 is 17.5 Å². The normalized spacial score (nSPS) is 11.2. The zero-order valence-electron chi connectivity index (χ0n) is 14.8. The van der Waals surface area contributed by atoms with Gasteiger partial charge in [0.25, 0.3) is 0 Å². The summed E-state index contributed by atoms with van der Waals surface area (Å²) in [5.74, 6) is 0.387. The first kappa shape index (κ1) is 20.9. The molecule has 8 nitrogen and oxygen atoms in total. The van der Waals surface area contributed by atoms with E-state index < -0.39 is 15.8 Å². The number of rotatable bonds is 9. The number of methoxy groups -OCH3 is 1. The number of hydrogen-bond acceptors (Lipinski definition) is 8. The minimum atomic E-state index is -3.21. The van der Waals surface area contributed by atoms with Gasteiger partial charge in [0.15, 0.2) is 0 Å². The van der Waals surface area contributed by atoms with Gasteiger partial charge in [-0.2, -0.15) is 4.98 Å². The van der Waals surface area contributed by atoms with Crippen LogP contribution in [0.2, 0.25) is 0 Å². The molecule has 0 aliphatic carbocycles. The van der Waals surface area contributed by atoms with Crippen LogP contribution < -0.4 is 20.5 Å². The SMILES string of the molecule is COc1ccc(F)cc1C(=S)c1cnc(NCCCNS(C)(=O)=O)nc1N. The Morgan fingerprint density at radius 1 is 1.33 bits per heavy atom. The van der Waals surface area contributed by atoms with Crippen molar-refractivity contribution in [3.63, 3.8) is 0 Å². The fourth-order valence-electron chi connectivity index (χ4n) is 2.20. The average molecular weight is 414 g/mol. The van der Waals surface area contributed by atoms with Crippen molar-refractivity contribution in [2.24, 2.45) is 0 Å². The second-order valence-corrected chi connectivity index (χ2v) is 7.85. The Kier molecular flexibility index (Phi) is 6.99. The monoisotopic (exact) mass is 413 g/mol. The minimum absolute atomic E-state index is 0.137. The van der Waals surface area contributed by atoms with Gasteiger partial charge in [-0.3, -0.25) is 0 Å². The van der Waals surface area contributed by atoms with Crippen LogP contribution >= 0.6 is 12.2 Å². The first-order valence-corrected chi connectivity index (χ1v) is 10.2. The van der Waals surface area contributed by atoms with Crippen LogP contribution in [0.4, 0.5) is 16.2 Å². The molecule has 27 heavy (non-hydrogen) atoms. The van der Waals surface area contributed by atoms with Gasteiger partial charge in [0.05, 0.1) is 23.8 Å². The maximum atomic E-state index is 13.6. The van der Waals surface area contributed by atoms with Gasteiger partial charge in [-0.05, 0) is 24.6 Å². The summed E-state index contributed by atoms with van der Waals surface area (Å²) in [6.07, 6.45) is 3.09. The molecule has 0 aliphatic heterocycles. The van der Waals surface area contributed by atoms with Gasteiger partial charge in [0.2, 0.25) is 16.0 Å². The molecular formula is C16H20FN5O3S2. The lowest BCUT2D eigenvalue weighted by Crippen LogP contribution is -2.24. The molecule has 4 N–H and O–H groups in total. The highest BCUT2D eigenvalue weighted by Crippen LogP contribution is 2.25. The summed E-state index contributed by atoms with van der Waals surface area (Å²) < 4.78 is 43.1. The van der Waals surface area contributed by atoms with E-state index in [1.165, 1.54) is 31.5 Å². The maximum absolute atomic E-state index is 13.6. The van der Waals surface area contributed by atoms with E-state index in [1.807, 2.05) is 0 Å². The van der Waals surface area contributed by atoms with E-state index in [4.69, 9.17) is 22.7 Å². The Balaban J connectivity index is 2.06. The predicted octanol–water partition coefficient (Wildman–Crippen LogP) is 1.32. The van der Waals surface area contributed by atoms with Crippen molar-refractivity contribution in [3.05, 3.63) is 41.3 Å². The molecule has 2 aromatic rings. The Morgan fingerprint density at radius 2 is 2.07 bits per heavy atom. The highest BCUT2D eigenvalue weighted by molar-refractivity contribution is 7.88. The molecule has 0 spiro atoms. The summed E-state index contributed by atoms with van der Waals surface area (Å²) in [5.41, 5.74) is 6.74. The largest absolute Gasteiger partial charge is 0.496 e. The van der Waals surface area contributed by atoms with Crippen molar-refractivity contribution >= 4 is 38.9 Å². The summed E-state index contributed by atoms with van der Waals surface area (Å²) in [6, 6.07) is 4.02. The number of nitrogen functional groups attached to an aromatic ring is 1. The molecule has 2 rings (SSSR count). The standard InChI is InChI=1S/C16H20FN5O3S2/c1-25-13-5-4-10(17)8-11(13)14(26)12-9-20-16(22-15(12)18)19-6-3-7-21-27(2,23)24/h4-5,8-9,21H,3,6-7H2,1-2H3,(H3,18,19,20,22). The first-order valence-electron chi connectivity index (χ1n) is 7.90. The topological polar surface area (TPSA) is 119 Å². The van der Waals surface area contributed by atoms with Crippen molar-refractivity contribution in [1.82, 2.24) is 14.7 Å². The van der Waals surface area contributed by atoms with Crippen LogP contribution in [0.5, 0.6) is 5.75 Å². The summed E-state index contributed by atoms with van der Waals surface area (Å²) in [7, 11) is -1.74. The highest BCUT2D eigenvalue weighted by Gasteiger charge is 2.16. The van der Waals surface area contributed by atoms with Gasteiger partial charge < -0.3 is 15.8 Å². The van der Waals surface area contributed by atoms with Gasteiger partial charge in [0.1, 0.15) is 17.4 Å². The molecule has 0 saturated carbocycles. The van der Waals surface area contributed by atoms with Gasteiger partial charge >= 0.3 is 0 Å². The Morgan fingerprint density at radius 3 is 2.70 bits per heavy atom. The highest BCUT2D eigenvalue weighted by atomic mass is 32.2.